The smallest absolute Gasteiger partial charge is 0.195 e. The van der Waals surface area contributed by atoms with E-state index in [4.69, 9.17) is 21.7 Å². The maximum Gasteiger partial charge on any atom is 0.195 e. The third kappa shape index (κ3) is 3.85. The molecule has 4 nitrogen and oxygen atoms in total. The summed E-state index contributed by atoms with van der Waals surface area (Å²) in [6.07, 6.45) is 0.449. The van der Waals surface area contributed by atoms with Crippen molar-refractivity contribution in [3.63, 3.8) is 0 Å². The molecule has 0 spiro atoms. The standard InChI is InChI=1S/C12H15ClN2O2/c1-15-11(12(16)17-2)7-10(14)8-3-5-9(13)6-4-8/h3-7,12,14-16H,1-2H3/b11-7-,14-10?. The van der Waals surface area contributed by atoms with Gasteiger partial charge in [0, 0.05) is 19.2 Å². The van der Waals surface area contributed by atoms with Gasteiger partial charge in [0.05, 0.1) is 11.4 Å². The molecule has 17 heavy (non-hydrogen) atoms. The second kappa shape index (κ2) is 6.39. The third-order valence-electron chi connectivity index (χ3n) is 2.23. The van der Waals surface area contributed by atoms with Gasteiger partial charge < -0.3 is 20.6 Å². The molecule has 1 aromatic carbocycles. The largest absolute Gasteiger partial charge is 0.387 e. The van der Waals surface area contributed by atoms with Crippen LogP contribution in [-0.2, 0) is 4.74 Å². The summed E-state index contributed by atoms with van der Waals surface area (Å²) < 4.78 is 4.77. The van der Waals surface area contributed by atoms with Crippen LogP contribution in [0.5, 0.6) is 0 Å². The Balaban J connectivity index is 2.89. The van der Waals surface area contributed by atoms with Crippen LogP contribution in [0.4, 0.5) is 0 Å². The van der Waals surface area contributed by atoms with Gasteiger partial charge in [-0.1, -0.05) is 23.7 Å². The molecule has 1 unspecified atom stereocenters. The van der Waals surface area contributed by atoms with Gasteiger partial charge in [-0.2, -0.15) is 0 Å². The molecule has 0 aliphatic carbocycles. The molecule has 1 aromatic rings. The molecular formula is C12H15ClN2O2. The van der Waals surface area contributed by atoms with Crippen molar-refractivity contribution in [1.29, 1.82) is 5.41 Å². The van der Waals surface area contributed by atoms with Gasteiger partial charge in [-0.15, -0.1) is 0 Å². The predicted molar refractivity (Wildman–Crippen MR) is 68.4 cm³/mol. The lowest BCUT2D eigenvalue weighted by Crippen LogP contribution is -2.23. The first-order chi connectivity index (χ1) is 8.08. The van der Waals surface area contributed by atoms with Gasteiger partial charge in [0.2, 0.25) is 0 Å². The van der Waals surface area contributed by atoms with Crippen molar-refractivity contribution < 1.29 is 9.84 Å². The molecule has 5 heteroatoms. The zero-order chi connectivity index (χ0) is 12.8. The first-order valence-corrected chi connectivity index (χ1v) is 5.41. The predicted octanol–water partition coefficient (Wildman–Crippen LogP) is 1.78. The number of likely N-dealkylation sites (N-methyl/N-ethyl adjacent to an activating group) is 1. The van der Waals surface area contributed by atoms with E-state index in [0.29, 0.717) is 16.3 Å². The Morgan fingerprint density at radius 1 is 1.47 bits per heavy atom. The minimum absolute atomic E-state index is 0.266. The van der Waals surface area contributed by atoms with E-state index in [0.717, 1.165) is 0 Å². The summed E-state index contributed by atoms with van der Waals surface area (Å²) in [5, 5.41) is 20.8. The van der Waals surface area contributed by atoms with Crippen LogP contribution in [0.1, 0.15) is 5.56 Å². The van der Waals surface area contributed by atoms with E-state index in [1.165, 1.54) is 13.2 Å². The Morgan fingerprint density at radius 2 is 2.06 bits per heavy atom. The average Bonchev–Trinajstić information content (AvgIpc) is 2.35. The van der Waals surface area contributed by atoms with E-state index < -0.39 is 6.29 Å². The highest BCUT2D eigenvalue weighted by Gasteiger charge is 2.09. The van der Waals surface area contributed by atoms with Crippen LogP contribution in [0.25, 0.3) is 0 Å². The summed E-state index contributed by atoms with van der Waals surface area (Å²) in [7, 11) is 3.05. The fourth-order valence-electron chi connectivity index (χ4n) is 1.26. The van der Waals surface area contributed by atoms with E-state index in [2.05, 4.69) is 5.32 Å². The van der Waals surface area contributed by atoms with Crippen LogP contribution >= 0.6 is 11.6 Å². The average molecular weight is 255 g/mol. The van der Waals surface area contributed by atoms with E-state index in [1.54, 1.807) is 31.3 Å². The molecule has 0 bridgehead atoms. The van der Waals surface area contributed by atoms with Gasteiger partial charge in [0.25, 0.3) is 0 Å². The lowest BCUT2D eigenvalue weighted by Gasteiger charge is -2.13. The second-order valence-corrected chi connectivity index (χ2v) is 3.79. The number of benzene rings is 1. The van der Waals surface area contributed by atoms with E-state index in [-0.39, 0.29) is 5.71 Å². The van der Waals surface area contributed by atoms with E-state index in [9.17, 15) is 5.11 Å². The van der Waals surface area contributed by atoms with Crippen molar-refractivity contribution in [3.05, 3.63) is 46.6 Å². The Morgan fingerprint density at radius 3 is 2.53 bits per heavy atom. The fourth-order valence-corrected chi connectivity index (χ4v) is 1.39. The quantitative estimate of drug-likeness (QED) is 0.554. The zero-order valence-electron chi connectivity index (χ0n) is 9.70. The minimum Gasteiger partial charge on any atom is -0.387 e. The molecule has 3 N–H and O–H groups in total. The first-order valence-electron chi connectivity index (χ1n) is 5.03. The van der Waals surface area contributed by atoms with Crippen molar-refractivity contribution in [2.45, 2.75) is 6.29 Å². The highest BCUT2D eigenvalue weighted by Crippen LogP contribution is 2.11. The van der Waals surface area contributed by atoms with E-state index in [1.807, 2.05) is 0 Å². The highest BCUT2D eigenvalue weighted by atomic mass is 35.5. The first kappa shape index (κ1) is 13.7. The Hall–Kier alpha value is -1.36. The number of aliphatic hydroxyl groups is 1. The summed E-state index contributed by atoms with van der Waals surface area (Å²) in [6, 6.07) is 6.91. The summed E-state index contributed by atoms with van der Waals surface area (Å²) in [5.41, 5.74) is 1.40. The molecule has 0 amide bonds. The van der Waals surface area contributed by atoms with Gasteiger partial charge in [-0.05, 0) is 23.8 Å². The van der Waals surface area contributed by atoms with Crippen LogP contribution in [0.15, 0.2) is 36.0 Å². The minimum atomic E-state index is -1.06. The number of nitrogens with one attached hydrogen (secondary N) is 2. The van der Waals surface area contributed by atoms with Crippen LogP contribution in [0, 0.1) is 5.41 Å². The molecule has 0 heterocycles. The van der Waals surface area contributed by atoms with Crippen LogP contribution in [-0.4, -0.2) is 31.3 Å². The number of methoxy groups -OCH3 is 1. The van der Waals surface area contributed by atoms with Crippen LogP contribution < -0.4 is 5.32 Å². The summed E-state index contributed by atoms with van der Waals surface area (Å²) in [5.74, 6) is 0. The number of ether oxygens (including phenoxy) is 1. The SMILES string of the molecule is CN/C(=C\C(=N)c1ccc(Cl)cc1)C(O)OC. The molecule has 0 fully saturated rings. The molecule has 0 aromatic heterocycles. The van der Waals surface area contributed by atoms with Gasteiger partial charge in [-0.25, -0.2) is 0 Å². The maximum absolute atomic E-state index is 9.49. The molecule has 0 radical (unpaired) electrons. The maximum atomic E-state index is 9.49. The van der Waals surface area contributed by atoms with Gasteiger partial charge >= 0.3 is 0 Å². The number of hydrogen-bond donors (Lipinski definition) is 3. The molecule has 92 valence electrons. The number of halogens is 1. The van der Waals surface area contributed by atoms with Gasteiger partial charge in [-0.3, -0.25) is 0 Å². The van der Waals surface area contributed by atoms with Crippen LogP contribution in [0.2, 0.25) is 5.02 Å². The number of aliphatic hydroxyl groups excluding tert-OH is 1. The Labute approximate surface area is 105 Å². The monoisotopic (exact) mass is 254 g/mol. The topological polar surface area (TPSA) is 65.3 Å². The zero-order valence-corrected chi connectivity index (χ0v) is 10.5. The van der Waals surface area contributed by atoms with Gasteiger partial charge in [0.15, 0.2) is 6.29 Å². The molecule has 1 atom stereocenters. The Bertz CT molecular complexity index is 415. The lowest BCUT2D eigenvalue weighted by atomic mass is 10.1. The molecular weight excluding hydrogens is 240 g/mol. The summed E-state index contributed by atoms with van der Waals surface area (Å²) >= 11 is 5.76. The fraction of sp³-hybridized carbons (Fsp3) is 0.250. The second-order valence-electron chi connectivity index (χ2n) is 3.36. The van der Waals surface area contributed by atoms with Crippen molar-refractivity contribution in [2.24, 2.45) is 0 Å². The van der Waals surface area contributed by atoms with Crippen molar-refractivity contribution in [3.8, 4) is 0 Å². The number of allylic oxidation sites excluding steroid dienone is 1. The van der Waals surface area contributed by atoms with E-state index >= 15 is 0 Å². The molecule has 0 aliphatic heterocycles. The molecule has 0 aliphatic rings. The Kier molecular flexibility index (Phi) is 5.15. The summed E-state index contributed by atoms with van der Waals surface area (Å²) in [4.78, 5) is 0. The number of hydrogen-bond acceptors (Lipinski definition) is 4. The normalized spacial score (nSPS) is 13.3. The lowest BCUT2D eigenvalue weighted by molar-refractivity contribution is -0.0482. The van der Waals surface area contributed by atoms with Crippen molar-refractivity contribution in [1.82, 2.24) is 5.32 Å². The number of rotatable bonds is 5. The molecule has 0 saturated heterocycles. The van der Waals surface area contributed by atoms with Crippen molar-refractivity contribution in [2.75, 3.05) is 14.2 Å². The van der Waals surface area contributed by atoms with Crippen LogP contribution in [0.3, 0.4) is 0 Å². The highest BCUT2D eigenvalue weighted by molar-refractivity contribution is 6.30. The molecule has 0 saturated carbocycles. The third-order valence-corrected chi connectivity index (χ3v) is 2.49. The van der Waals surface area contributed by atoms with Gasteiger partial charge in [0.1, 0.15) is 0 Å². The van der Waals surface area contributed by atoms with Crippen molar-refractivity contribution >= 4 is 17.3 Å². The summed E-state index contributed by atoms with van der Waals surface area (Å²) in [6.45, 7) is 0. The molecule has 1 rings (SSSR count).